The molecular formula is C20H18NOS+. The summed E-state index contributed by atoms with van der Waals surface area (Å²) in [5.41, 5.74) is 9.22. The number of fused-ring (bicyclic) bond motifs is 3. The van der Waals surface area contributed by atoms with Crippen molar-refractivity contribution in [2.45, 2.75) is 26.8 Å². The van der Waals surface area contributed by atoms with Crippen LogP contribution in [0, 0.1) is 13.8 Å². The normalized spacial score (nSPS) is 12.1. The van der Waals surface area contributed by atoms with E-state index < -0.39 is 0 Å². The molecule has 3 heteroatoms. The van der Waals surface area contributed by atoms with Gasteiger partial charge in [0.15, 0.2) is 5.69 Å². The molecule has 0 fully saturated rings. The number of hydrogen-bond donors (Lipinski definition) is 0. The molecule has 0 spiro atoms. The molecule has 2 aromatic carbocycles. The molecule has 1 heterocycles. The fourth-order valence-electron chi connectivity index (χ4n) is 3.23. The lowest BCUT2D eigenvalue weighted by molar-refractivity contribution is -0.684. The number of aromatic nitrogens is 1. The average molecular weight is 320 g/mol. The maximum atomic E-state index is 12.6. The maximum absolute atomic E-state index is 12.6. The number of Topliss-reactive ketones (excluding diaryl/α,β-unsaturated/α-hetero) is 1. The topological polar surface area (TPSA) is 20.9 Å². The molecule has 4 rings (SSSR count). The largest absolute Gasteiger partial charge is 0.287 e. The Kier molecular flexibility index (Phi) is 3.38. The van der Waals surface area contributed by atoms with Gasteiger partial charge in [-0.15, -0.1) is 0 Å². The van der Waals surface area contributed by atoms with Crippen LogP contribution >= 0.6 is 11.3 Å². The molecule has 0 aliphatic heterocycles. The van der Waals surface area contributed by atoms with E-state index in [-0.39, 0.29) is 5.78 Å². The molecule has 0 saturated carbocycles. The minimum atomic E-state index is 0.176. The number of carbonyl (C=O) groups excluding carboxylic acids is 1. The third-order valence-corrected chi connectivity index (χ3v) is 5.74. The zero-order valence-electron chi connectivity index (χ0n) is 13.3. The quantitative estimate of drug-likeness (QED) is 0.411. The van der Waals surface area contributed by atoms with E-state index >= 15 is 0 Å². The highest BCUT2D eigenvalue weighted by Crippen LogP contribution is 2.36. The van der Waals surface area contributed by atoms with E-state index in [0.29, 0.717) is 6.54 Å². The van der Waals surface area contributed by atoms with Crippen LogP contribution in [0.15, 0.2) is 48.0 Å². The Hall–Kier alpha value is -2.26. The van der Waals surface area contributed by atoms with Gasteiger partial charge in [0.2, 0.25) is 17.8 Å². The lowest BCUT2D eigenvalue weighted by Gasteiger charge is -2.03. The number of hydrogen-bond acceptors (Lipinski definition) is 2. The first kappa shape index (κ1) is 14.3. The predicted molar refractivity (Wildman–Crippen MR) is 93.0 cm³/mol. The molecule has 23 heavy (non-hydrogen) atoms. The van der Waals surface area contributed by atoms with Crippen molar-refractivity contribution >= 4 is 17.1 Å². The minimum Gasteiger partial charge on any atom is -0.287 e. The van der Waals surface area contributed by atoms with Crippen LogP contribution in [-0.2, 0) is 13.0 Å². The second-order valence-corrected chi connectivity index (χ2v) is 7.18. The molecule has 0 unspecified atom stereocenters. The zero-order valence-corrected chi connectivity index (χ0v) is 14.1. The van der Waals surface area contributed by atoms with Gasteiger partial charge in [-0.05, 0) is 41.7 Å². The molecule has 0 amide bonds. The van der Waals surface area contributed by atoms with E-state index in [1.165, 1.54) is 32.8 Å². The lowest BCUT2D eigenvalue weighted by atomic mass is 10.0. The van der Waals surface area contributed by atoms with Crippen LogP contribution in [0.3, 0.4) is 0 Å². The Balaban J connectivity index is 1.63. The highest BCUT2D eigenvalue weighted by atomic mass is 32.1. The Bertz CT molecular complexity index is 923. The van der Waals surface area contributed by atoms with Gasteiger partial charge in [-0.3, -0.25) is 4.79 Å². The number of nitrogens with zero attached hydrogens (tertiary/aromatic N) is 1. The van der Waals surface area contributed by atoms with Crippen molar-refractivity contribution in [2.75, 3.05) is 0 Å². The van der Waals surface area contributed by atoms with Crippen LogP contribution in [0.5, 0.6) is 0 Å². The Morgan fingerprint density at radius 1 is 1.09 bits per heavy atom. The number of ketones is 1. The third-order valence-electron chi connectivity index (χ3n) is 4.73. The lowest BCUT2D eigenvalue weighted by Crippen LogP contribution is -2.38. The van der Waals surface area contributed by atoms with Crippen molar-refractivity contribution in [3.63, 3.8) is 0 Å². The Morgan fingerprint density at radius 2 is 1.87 bits per heavy atom. The van der Waals surface area contributed by atoms with Crippen molar-refractivity contribution in [3.05, 3.63) is 75.2 Å². The van der Waals surface area contributed by atoms with Gasteiger partial charge in [0.25, 0.3) is 0 Å². The van der Waals surface area contributed by atoms with Gasteiger partial charge < -0.3 is 0 Å². The first-order valence-corrected chi connectivity index (χ1v) is 8.70. The van der Waals surface area contributed by atoms with E-state index in [1.807, 2.05) is 16.1 Å². The molecule has 0 atom stereocenters. The van der Waals surface area contributed by atoms with Gasteiger partial charge in [-0.1, -0.05) is 47.7 Å². The second-order valence-electron chi connectivity index (χ2n) is 6.12. The highest BCUT2D eigenvalue weighted by molar-refractivity contribution is 7.09. The van der Waals surface area contributed by atoms with Crippen LogP contribution in [0.4, 0.5) is 0 Å². The summed E-state index contributed by atoms with van der Waals surface area (Å²) in [5.74, 6) is 0.176. The first-order chi connectivity index (χ1) is 11.1. The summed E-state index contributed by atoms with van der Waals surface area (Å²) in [6, 6.07) is 14.6. The van der Waals surface area contributed by atoms with E-state index in [2.05, 4.69) is 50.2 Å². The fraction of sp³-hybridized carbons (Fsp3) is 0.200. The summed E-state index contributed by atoms with van der Waals surface area (Å²) in [6.45, 7) is 4.58. The van der Waals surface area contributed by atoms with Crippen LogP contribution in [0.2, 0.25) is 0 Å². The molecule has 0 radical (unpaired) electrons. The summed E-state index contributed by atoms with van der Waals surface area (Å²) >= 11 is 1.69. The van der Waals surface area contributed by atoms with E-state index in [9.17, 15) is 4.79 Å². The van der Waals surface area contributed by atoms with Gasteiger partial charge in [-0.2, -0.15) is 4.57 Å². The molecule has 0 bridgehead atoms. The van der Waals surface area contributed by atoms with Crippen LogP contribution < -0.4 is 4.57 Å². The smallest absolute Gasteiger partial charge is 0.227 e. The van der Waals surface area contributed by atoms with Crippen molar-refractivity contribution in [1.29, 1.82) is 0 Å². The summed E-state index contributed by atoms with van der Waals surface area (Å²) in [7, 11) is 0. The number of aryl methyl sites for hydroxylation is 1. The number of carbonyl (C=O) groups is 1. The van der Waals surface area contributed by atoms with Crippen molar-refractivity contribution in [1.82, 2.24) is 0 Å². The van der Waals surface area contributed by atoms with Crippen molar-refractivity contribution in [3.8, 4) is 11.1 Å². The summed E-state index contributed by atoms with van der Waals surface area (Å²) in [6.07, 6.45) is 0.927. The van der Waals surface area contributed by atoms with Gasteiger partial charge >= 0.3 is 0 Å². The van der Waals surface area contributed by atoms with E-state index in [1.54, 1.807) is 11.3 Å². The molecule has 3 aromatic rings. The monoisotopic (exact) mass is 320 g/mol. The SMILES string of the molecule is Cc1sc[n+](CC(=O)c2ccc3c(c2)Cc2ccccc2-3)c1C. The molecular weight excluding hydrogens is 302 g/mol. The standard InChI is InChI=1S/C20H18NOS/c1-13-14(2)23-12-21(13)11-20(22)16-7-8-19-17(10-16)9-15-5-3-4-6-18(15)19/h3-8,10,12H,9,11H2,1-2H3/q+1. The van der Waals surface area contributed by atoms with Crippen molar-refractivity contribution in [2.24, 2.45) is 0 Å². The molecule has 114 valence electrons. The highest BCUT2D eigenvalue weighted by Gasteiger charge is 2.22. The summed E-state index contributed by atoms with van der Waals surface area (Å²) in [4.78, 5) is 13.9. The summed E-state index contributed by atoms with van der Waals surface area (Å²) < 4.78 is 2.05. The molecule has 1 aliphatic rings. The van der Waals surface area contributed by atoms with Gasteiger partial charge in [0.05, 0.1) is 4.88 Å². The third kappa shape index (κ3) is 2.41. The van der Waals surface area contributed by atoms with Gasteiger partial charge in [-0.25, -0.2) is 0 Å². The number of rotatable bonds is 3. The van der Waals surface area contributed by atoms with Crippen LogP contribution in [0.1, 0.15) is 32.1 Å². The molecule has 0 N–H and O–H groups in total. The fourth-order valence-corrected chi connectivity index (χ4v) is 4.04. The molecule has 2 nitrogen and oxygen atoms in total. The number of thiazole rings is 1. The molecule has 1 aliphatic carbocycles. The second kappa shape index (κ2) is 5.43. The van der Waals surface area contributed by atoms with Crippen LogP contribution in [-0.4, -0.2) is 5.78 Å². The molecule has 0 saturated heterocycles. The average Bonchev–Trinajstić information content (AvgIpc) is 3.09. The Morgan fingerprint density at radius 3 is 2.65 bits per heavy atom. The van der Waals surface area contributed by atoms with E-state index in [0.717, 1.165) is 12.0 Å². The Labute approximate surface area is 140 Å². The van der Waals surface area contributed by atoms with Gasteiger partial charge in [0, 0.05) is 12.5 Å². The zero-order chi connectivity index (χ0) is 16.0. The predicted octanol–water partition coefficient (Wildman–Crippen LogP) is 4.11. The minimum absolute atomic E-state index is 0.176. The first-order valence-electron chi connectivity index (χ1n) is 7.82. The van der Waals surface area contributed by atoms with Crippen molar-refractivity contribution < 1.29 is 9.36 Å². The molecule has 1 aromatic heterocycles. The van der Waals surface area contributed by atoms with Crippen LogP contribution in [0.25, 0.3) is 11.1 Å². The van der Waals surface area contributed by atoms with E-state index in [4.69, 9.17) is 0 Å². The number of benzene rings is 2. The maximum Gasteiger partial charge on any atom is 0.227 e. The van der Waals surface area contributed by atoms with Gasteiger partial charge in [0.1, 0.15) is 0 Å². The summed E-state index contributed by atoms with van der Waals surface area (Å²) in [5, 5.41) is 0.